The number of amides is 1. The van der Waals surface area contributed by atoms with Crippen LogP contribution in [0.5, 0.6) is 0 Å². The van der Waals surface area contributed by atoms with E-state index in [-0.39, 0.29) is 17.3 Å². The fourth-order valence-electron chi connectivity index (χ4n) is 1.92. The third-order valence-corrected chi connectivity index (χ3v) is 5.55. The molecule has 1 amide bonds. The first kappa shape index (κ1) is 18.4. The van der Waals surface area contributed by atoms with Gasteiger partial charge >= 0.3 is 0 Å². The molecule has 2 aromatic rings. The molecule has 0 bridgehead atoms. The highest BCUT2D eigenvalue weighted by molar-refractivity contribution is 7.99. The molecular formula is C16H19N3O3S2. The number of aromatic nitrogens is 1. The van der Waals surface area contributed by atoms with E-state index in [1.165, 1.54) is 24.9 Å². The maximum atomic E-state index is 11.9. The van der Waals surface area contributed by atoms with E-state index < -0.39 is 10.0 Å². The molecule has 2 N–H and O–H groups in total. The number of sulfonamides is 1. The highest BCUT2D eigenvalue weighted by atomic mass is 32.2. The van der Waals surface area contributed by atoms with Crippen molar-refractivity contribution >= 4 is 27.7 Å². The van der Waals surface area contributed by atoms with Crippen LogP contribution in [0.4, 0.5) is 0 Å². The van der Waals surface area contributed by atoms with Crippen LogP contribution in [-0.4, -0.2) is 32.1 Å². The number of hydrogen-bond donors (Lipinski definition) is 2. The maximum Gasteiger partial charge on any atom is 0.240 e. The van der Waals surface area contributed by atoms with E-state index in [1.54, 1.807) is 24.4 Å². The summed E-state index contributed by atoms with van der Waals surface area (Å²) < 4.78 is 25.8. The summed E-state index contributed by atoms with van der Waals surface area (Å²) in [5, 5.41) is 2.79. The number of hydrogen-bond acceptors (Lipinski definition) is 5. The predicted octanol–water partition coefficient (Wildman–Crippen LogP) is 1.54. The van der Waals surface area contributed by atoms with Gasteiger partial charge in [-0.05, 0) is 36.9 Å². The summed E-state index contributed by atoms with van der Waals surface area (Å²) in [5.41, 5.74) is 1.66. The Bertz CT molecular complexity index is 780. The Labute approximate surface area is 146 Å². The molecule has 8 heteroatoms. The molecule has 0 aliphatic rings. The maximum absolute atomic E-state index is 11.9. The van der Waals surface area contributed by atoms with E-state index in [0.717, 1.165) is 11.3 Å². The molecule has 0 unspecified atom stereocenters. The second kappa shape index (κ2) is 8.81. The van der Waals surface area contributed by atoms with Gasteiger partial charge in [0.2, 0.25) is 15.9 Å². The Morgan fingerprint density at radius 3 is 2.75 bits per heavy atom. The molecule has 2 rings (SSSR count). The molecule has 1 aromatic carbocycles. The minimum absolute atomic E-state index is 0.0993. The molecule has 0 radical (unpaired) electrons. The average Bonchev–Trinajstić information content (AvgIpc) is 2.61. The molecule has 1 aromatic heterocycles. The SMILES string of the molecule is CNS(=O)(=O)c1cccc(CNC(=O)CSCc2ccccn2)c1. The molecule has 0 atom stereocenters. The third kappa shape index (κ3) is 5.63. The second-order valence-electron chi connectivity index (χ2n) is 4.95. The summed E-state index contributed by atoms with van der Waals surface area (Å²) in [4.78, 5) is 16.2. The van der Waals surface area contributed by atoms with Gasteiger partial charge in [-0.25, -0.2) is 13.1 Å². The largest absolute Gasteiger partial charge is 0.351 e. The van der Waals surface area contributed by atoms with Gasteiger partial charge in [0, 0.05) is 18.5 Å². The minimum Gasteiger partial charge on any atom is -0.351 e. The van der Waals surface area contributed by atoms with Crippen molar-refractivity contribution in [2.45, 2.75) is 17.2 Å². The van der Waals surface area contributed by atoms with Gasteiger partial charge < -0.3 is 5.32 Å². The second-order valence-corrected chi connectivity index (χ2v) is 7.82. The minimum atomic E-state index is -3.48. The topological polar surface area (TPSA) is 88.2 Å². The molecule has 6 nitrogen and oxygen atoms in total. The molecule has 1 heterocycles. The van der Waals surface area contributed by atoms with Crippen molar-refractivity contribution in [1.82, 2.24) is 15.0 Å². The van der Waals surface area contributed by atoms with Crippen molar-refractivity contribution in [2.75, 3.05) is 12.8 Å². The lowest BCUT2D eigenvalue weighted by molar-refractivity contribution is -0.118. The standard InChI is InChI=1S/C16H19N3O3S2/c1-17-24(21,22)15-7-4-5-13(9-15)10-19-16(20)12-23-11-14-6-2-3-8-18-14/h2-9,17H,10-12H2,1H3,(H,19,20). The summed E-state index contributed by atoms with van der Waals surface area (Å²) in [5.74, 6) is 0.896. The normalized spacial score (nSPS) is 11.2. The Morgan fingerprint density at radius 2 is 2.04 bits per heavy atom. The van der Waals surface area contributed by atoms with Crippen LogP contribution in [0.3, 0.4) is 0 Å². The van der Waals surface area contributed by atoms with Crippen LogP contribution >= 0.6 is 11.8 Å². The molecule has 128 valence electrons. The zero-order valence-electron chi connectivity index (χ0n) is 13.2. The number of benzene rings is 1. The highest BCUT2D eigenvalue weighted by Crippen LogP contribution is 2.12. The number of nitrogens with zero attached hydrogens (tertiary/aromatic N) is 1. The van der Waals surface area contributed by atoms with Gasteiger partial charge in [0.25, 0.3) is 0 Å². The lowest BCUT2D eigenvalue weighted by atomic mass is 10.2. The lowest BCUT2D eigenvalue weighted by Crippen LogP contribution is -2.25. The number of pyridine rings is 1. The zero-order valence-corrected chi connectivity index (χ0v) is 14.9. The average molecular weight is 365 g/mol. The summed E-state index contributed by atoms with van der Waals surface area (Å²) in [7, 11) is -2.11. The Hall–Kier alpha value is -1.90. The van der Waals surface area contributed by atoms with Crippen molar-refractivity contribution in [3.63, 3.8) is 0 Å². The summed E-state index contributed by atoms with van der Waals surface area (Å²) in [6.45, 7) is 0.288. The first-order valence-corrected chi connectivity index (χ1v) is 9.92. The van der Waals surface area contributed by atoms with Crippen molar-refractivity contribution in [2.24, 2.45) is 0 Å². The monoisotopic (exact) mass is 365 g/mol. The van der Waals surface area contributed by atoms with Crippen LogP contribution in [-0.2, 0) is 27.1 Å². The van der Waals surface area contributed by atoms with E-state index in [0.29, 0.717) is 11.5 Å². The van der Waals surface area contributed by atoms with Crippen LogP contribution in [0.2, 0.25) is 0 Å². The predicted molar refractivity (Wildman–Crippen MR) is 94.9 cm³/mol. The van der Waals surface area contributed by atoms with Crippen molar-refractivity contribution in [3.8, 4) is 0 Å². The first-order valence-electron chi connectivity index (χ1n) is 7.28. The van der Waals surface area contributed by atoms with E-state index in [2.05, 4.69) is 15.0 Å². The van der Waals surface area contributed by atoms with Crippen LogP contribution in [0, 0.1) is 0 Å². The van der Waals surface area contributed by atoms with Crippen molar-refractivity contribution in [1.29, 1.82) is 0 Å². The number of carbonyl (C=O) groups is 1. The van der Waals surface area contributed by atoms with Crippen LogP contribution in [0.1, 0.15) is 11.3 Å². The number of rotatable bonds is 8. The van der Waals surface area contributed by atoms with Gasteiger partial charge in [0.1, 0.15) is 0 Å². The lowest BCUT2D eigenvalue weighted by Gasteiger charge is -2.07. The summed E-state index contributed by atoms with van der Waals surface area (Å²) in [6.07, 6.45) is 1.72. The number of thioether (sulfide) groups is 1. The first-order chi connectivity index (χ1) is 11.5. The molecule has 0 aliphatic heterocycles. The molecule has 0 saturated carbocycles. The molecule has 0 aliphatic carbocycles. The molecule has 0 saturated heterocycles. The van der Waals surface area contributed by atoms with Gasteiger partial charge in [-0.2, -0.15) is 0 Å². The van der Waals surface area contributed by atoms with Crippen LogP contribution in [0.15, 0.2) is 53.6 Å². The number of nitrogens with one attached hydrogen (secondary N) is 2. The quantitative estimate of drug-likeness (QED) is 0.741. The summed E-state index contributed by atoms with van der Waals surface area (Å²) in [6, 6.07) is 12.2. The van der Waals surface area contributed by atoms with Gasteiger partial charge in [0.05, 0.1) is 16.3 Å². The van der Waals surface area contributed by atoms with Crippen molar-refractivity contribution < 1.29 is 13.2 Å². The molecule has 0 fully saturated rings. The fourth-order valence-corrected chi connectivity index (χ4v) is 3.49. The van der Waals surface area contributed by atoms with E-state index in [9.17, 15) is 13.2 Å². The van der Waals surface area contributed by atoms with Gasteiger partial charge in [-0.1, -0.05) is 18.2 Å². The molecular weight excluding hydrogens is 346 g/mol. The molecule has 24 heavy (non-hydrogen) atoms. The van der Waals surface area contributed by atoms with E-state index in [4.69, 9.17) is 0 Å². The number of carbonyl (C=O) groups excluding carboxylic acids is 1. The summed E-state index contributed by atoms with van der Waals surface area (Å²) >= 11 is 1.48. The van der Waals surface area contributed by atoms with E-state index in [1.807, 2.05) is 18.2 Å². The van der Waals surface area contributed by atoms with Gasteiger partial charge in [0.15, 0.2) is 0 Å². The van der Waals surface area contributed by atoms with Gasteiger partial charge in [-0.3, -0.25) is 9.78 Å². The Balaban J connectivity index is 1.80. The van der Waals surface area contributed by atoms with Crippen LogP contribution < -0.4 is 10.0 Å². The molecule has 0 spiro atoms. The van der Waals surface area contributed by atoms with Crippen molar-refractivity contribution in [3.05, 3.63) is 59.9 Å². The zero-order chi connectivity index (χ0) is 17.4. The smallest absolute Gasteiger partial charge is 0.240 e. The van der Waals surface area contributed by atoms with E-state index >= 15 is 0 Å². The highest BCUT2D eigenvalue weighted by Gasteiger charge is 2.11. The van der Waals surface area contributed by atoms with Crippen LogP contribution in [0.25, 0.3) is 0 Å². The third-order valence-electron chi connectivity index (χ3n) is 3.18. The fraction of sp³-hybridized carbons (Fsp3) is 0.250. The Morgan fingerprint density at radius 1 is 1.21 bits per heavy atom. The Kier molecular flexibility index (Phi) is 6.77. The van der Waals surface area contributed by atoms with Gasteiger partial charge in [-0.15, -0.1) is 11.8 Å².